The Kier molecular flexibility index (Phi) is 5.51. The lowest BCUT2D eigenvalue weighted by Gasteiger charge is -2.30. The topological polar surface area (TPSA) is 66.9 Å². The number of carbonyl (C=O) groups is 1. The molecule has 3 rings (SSSR count). The minimum atomic E-state index is -2.87. The predicted octanol–water partition coefficient (Wildman–Crippen LogP) is 2.95. The molecule has 1 amide bonds. The second-order valence-electron chi connectivity index (χ2n) is 8.09. The molecular formula is C20H28N2O4S. The molecule has 1 saturated heterocycles. The van der Waals surface area contributed by atoms with Crippen molar-refractivity contribution in [1.29, 1.82) is 0 Å². The molecule has 0 aliphatic carbocycles. The molecule has 0 spiro atoms. The van der Waals surface area contributed by atoms with Gasteiger partial charge < -0.3 is 14.5 Å². The minimum absolute atomic E-state index is 0.223. The van der Waals surface area contributed by atoms with Gasteiger partial charge in [0.15, 0.2) is 9.84 Å². The van der Waals surface area contributed by atoms with E-state index in [9.17, 15) is 13.2 Å². The second-order valence-corrected chi connectivity index (χ2v) is 10.4. The number of hydrogen-bond acceptors (Lipinski definition) is 5. The average molecular weight is 393 g/mol. The Morgan fingerprint density at radius 1 is 1.04 bits per heavy atom. The standard InChI is InChI=1S/C20H28N2O4S/c1-20(2,3)26-19(23)22-10-8-17(9-11-22)16-4-6-18(7-5-16)21-12-14-27(24,25)15-13-21/h4-8H,9-15H2,1-3H3. The fraction of sp³-hybridized carbons (Fsp3) is 0.550. The number of carbonyl (C=O) groups excluding carboxylic acids is 1. The van der Waals surface area contributed by atoms with E-state index in [1.54, 1.807) is 4.90 Å². The molecule has 0 unspecified atom stereocenters. The van der Waals surface area contributed by atoms with Crippen LogP contribution < -0.4 is 4.90 Å². The molecule has 7 heteroatoms. The van der Waals surface area contributed by atoms with Crippen LogP contribution in [0.1, 0.15) is 32.8 Å². The zero-order chi connectivity index (χ0) is 19.7. The minimum Gasteiger partial charge on any atom is -0.444 e. The van der Waals surface area contributed by atoms with Crippen molar-refractivity contribution in [3.05, 3.63) is 35.9 Å². The highest BCUT2D eigenvalue weighted by atomic mass is 32.2. The first kappa shape index (κ1) is 19.7. The van der Waals surface area contributed by atoms with E-state index in [0.717, 1.165) is 17.7 Å². The van der Waals surface area contributed by atoms with E-state index in [1.807, 2.05) is 32.9 Å². The average Bonchev–Trinajstić information content (AvgIpc) is 2.61. The molecule has 2 aliphatic heterocycles. The molecule has 27 heavy (non-hydrogen) atoms. The maximum atomic E-state index is 12.1. The van der Waals surface area contributed by atoms with Gasteiger partial charge in [0.2, 0.25) is 0 Å². The quantitative estimate of drug-likeness (QED) is 0.774. The van der Waals surface area contributed by atoms with E-state index in [-0.39, 0.29) is 17.6 Å². The van der Waals surface area contributed by atoms with Crippen molar-refractivity contribution in [3.63, 3.8) is 0 Å². The van der Waals surface area contributed by atoms with Gasteiger partial charge in [0.05, 0.1) is 11.5 Å². The van der Waals surface area contributed by atoms with E-state index < -0.39 is 15.4 Å². The SMILES string of the molecule is CC(C)(C)OC(=O)N1CC=C(c2ccc(N3CCS(=O)(=O)CC3)cc2)CC1. The summed E-state index contributed by atoms with van der Waals surface area (Å²) in [6.07, 6.45) is 2.60. The van der Waals surface area contributed by atoms with Crippen molar-refractivity contribution >= 4 is 27.2 Å². The van der Waals surface area contributed by atoms with Gasteiger partial charge in [0.25, 0.3) is 0 Å². The molecule has 148 valence electrons. The molecule has 0 bridgehead atoms. The van der Waals surface area contributed by atoms with Crippen molar-refractivity contribution in [2.24, 2.45) is 0 Å². The van der Waals surface area contributed by atoms with Gasteiger partial charge in [0.1, 0.15) is 5.60 Å². The van der Waals surface area contributed by atoms with E-state index in [0.29, 0.717) is 26.2 Å². The third-order valence-corrected chi connectivity index (χ3v) is 6.42. The van der Waals surface area contributed by atoms with Crippen LogP contribution in [0.3, 0.4) is 0 Å². The number of rotatable bonds is 2. The third-order valence-electron chi connectivity index (χ3n) is 4.81. The molecule has 2 heterocycles. The highest BCUT2D eigenvalue weighted by Crippen LogP contribution is 2.26. The van der Waals surface area contributed by atoms with Crippen LogP contribution in [0.15, 0.2) is 30.3 Å². The lowest BCUT2D eigenvalue weighted by atomic mass is 9.99. The van der Waals surface area contributed by atoms with E-state index in [4.69, 9.17) is 4.74 Å². The van der Waals surface area contributed by atoms with E-state index >= 15 is 0 Å². The fourth-order valence-corrected chi connectivity index (χ4v) is 4.48. The monoisotopic (exact) mass is 392 g/mol. The summed E-state index contributed by atoms with van der Waals surface area (Å²) >= 11 is 0. The first-order chi connectivity index (χ1) is 12.6. The smallest absolute Gasteiger partial charge is 0.410 e. The fourth-order valence-electron chi connectivity index (χ4n) is 3.28. The Balaban J connectivity index is 1.60. The first-order valence-corrected chi connectivity index (χ1v) is 11.2. The van der Waals surface area contributed by atoms with Crippen LogP contribution in [0.2, 0.25) is 0 Å². The highest BCUT2D eigenvalue weighted by molar-refractivity contribution is 7.91. The van der Waals surface area contributed by atoms with Crippen molar-refractivity contribution < 1.29 is 17.9 Å². The summed E-state index contributed by atoms with van der Waals surface area (Å²) in [6.45, 7) is 7.91. The number of nitrogens with zero attached hydrogens (tertiary/aromatic N) is 2. The molecular weight excluding hydrogens is 364 g/mol. The number of ether oxygens (including phenoxy) is 1. The van der Waals surface area contributed by atoms with Crippen LogP contribution in [-0.4, -0.2) is 62.7 Å². The zero-order valence-corrected chi connectivity index (χ0v) is 17.1. The van der Waals surface area contributed by atoms with Crippen molar-refractivity contribution in [3.8, 4) is 0 Å². The molecule has 0 aromatic heterocycles. The van der Waals surface area contributed by atoms with Crippen LogP contribution in [0, 0.1) is 0 Å². The first-order valence-electron chi connectivity index (χ1n) is 9.36. The number of anilines is 1. The zero-order valence-electron chi connectivity index (χ0n) is 16.3. The number of benzene rings is 1. The van der Waals surface area contributed by atoms with Crippen LogP contribution in [0.4, 0.5) is 10.5 Å². The van der Waals surface area contributed by atoms with E-state index in [2.05, 4.69) is 23.1 Å². The number of hydrogen-bond donors (Lipinski definition) is 0. The van der Waals surface area contributed by atoms with Crippen LogP contribution in [-0.2, 0) is 14.6 Å². The van der Waals surface area contributed by atoms with Crippen molar-refractivity contribution in [1.82, 2.24) is 4.90 Å². The summed E-state index contributed by atoms with van der Waals surface area (Å²) in [5.74, 6) is 0.445. The Hall–Kier alpha value is -2.02. The molecule has 0 atom stereocenters. The second kappa shape index (κ2) is 7.54. The molecule has 1 aromatic rings. The molecule has 6 nitrogen and oxygen atoms in total. The maximum absolute atomic E-state index is 12.1. The highest BCUT2D eigenvalue weighted by Gasteiger charge is 2.24. The summed E-state index contributed by atoms with van der Waals surface area (Å²) < 4.78 is 28.6. The maximum Gasteiger partial charge on any atom is 0.410 e. The molecule has 0 N–H and O–H groups in total. The molecule has 0 radical (unpaired) electrons. The Labute approximate surface area is 161 Å². The van der Waals surface area contributed by atoms with Gasteiger partial charge in [-0.25, -0.2) is 13.2 Å². The van der Waals surface area contributed by atoms with Gasteiger partial charge in [-0.1, -0.05) is 18.2 Å². The normalized spacial score (nSPS) is 20.2. The summed E-state index contributed by atoms with van der Waals surface area (Å²) in [6, 6.07) is 8.25. The van der Waals surface area contributed by atoms with E-state index in [1.165, 1.54) is 5.57 Å². The van der Waals surface area contributed by atoms with Crippen molar-refractivity contribution in [2.75, 3.05) is 42.6 Å². The number of sulfone groups is 1. The largest absolute Gasteiger partial charge is 0.444 e. The molecule has 2 aliphatic rings. The Morgan fingerprint density at radius 3 is 2.19 bits per heavy atom. The van der Waals surface area contributed by atoms with Crippen LogP contribution in [0.5, 0.6) is 0 Å². The third kappa shape index (κ3) is 5.25. The molecule has 0 saturated carbocycles. The summed E-state index contributed by atoms with van der Waals surface area (Å²) in [4.78, 5) is 16.0. The van der Waals surface area contributed by atoms with Crippen LogP contribution in [0.25, 0.3) is 5.57 Å². The van der Waals surface area contributed by atoms with Gasteiger partial charge in [-0.3, -0.25) is 0 Å². The molecule has 1 aromatic carbocycles. The van der Waals surface area contributed by atoms with Gasteiger partial charge >= 0.3 is 6.09 Å². The Bertz CT molecular complexity index is 809. The summed E-state index contributed by atoms with van der Waals surface area (Å²) in [5, 5.41) is 0. The number of amides is 1. The van der Waals surface area contributed by atoms with Gasteiger partial charge in [-0.2, -0.15) is 0 Å². The molecule has 1 fully saturated rings. The summed E-state index contributed by atoms with van der Waals surface area (Å²) in [5.41, 5.74) is 2.94. The summed E-state index contributed by atoms with van der Waals surface area (Å²) in [7, 11) is -2.87. The van der Waals surface area contributed by atoms with Gasteiger partial charge in [0, 0.05) is 31.9 Å². The Morgan fingerprint density at radius 2 is 1.67 bits per heavy atom. The lowest BCUT2D eigenvalue weighted by molar-refractivity contribution is 0.0270. The lowest BCUT2D eigenvalue weighted by Crippen LogP contribution is -2.40. The van der Waals surface area contributed by atoms with Crippen LogP contribution >= 0.6 is 0 Å². The van der Waals surface area contributed by atoms with Gasteiger partial charge in [-0.15, -0.1) is 0 Å². The predicted molar refractivity (Wildman–Crippen MR) is 108 cm³/mol. The van der Waals surface area contributed by atoms with Gasteiger partial charge in [-0.05, 0) is 50.5 Å². The van der Waals surface area contributed by atoms with Crippen molar-refractivity contribution in [2.45, 2.75) is 32.8 Å².